The van der Waals surface area contributed by atoms with Gasteiger partial charge in [0.1, 0.15) is 4.21 Å². The highest BCUT2D eigenvalue weighted by Crippen LogP contribution is 2.44. The van der Waals surface area contributed by atoms with E-state index in [4.69, 9.17) is 0 Å². The summed E-state index contributed by atoms with van der Waals surface area (Å²) in [6, 6.07) is 11.1. The third-order valence-corrected chi connectivity index (χ3v) is 6.64. The lowest BCUT2D eigenvalue weighted by molar-refractivity contribution is -0.383. The van der Waals surface area contributed by atoms with Crippen molar-refractivity contribution in [2.24, 2.45) is 0 Å². The van der Waals surface area contributed by atoms with E-state index in [0.717, 1.165) is 36.0 Å². The van der Waals surface area contributed by atoms with Gasteiger partial charge < -0.3 is 4.90 Å². The molecule has 0 radical (unpaired) electrons. The van der Waals surface area contributed by atoms with Crippen molar-refractivity contribution in [3.8, 4) is 0 Å². The fourth-order valence-corrected chi connectivity index (χ4v) is 4.50. The first-order valence-corrected chi connectivity index (χ1v) is 9.86. The number of anilines is 1. The highest BCUT2D eigenvalue weighted by atomic mass is 32.2. The summed E-state index contributed by atoms with van der Waals surface area (Å²) in [7, 11) is -3.46. The molecular weight excluding hydrogens is 336 g/mol. The molecule has 6 nitrogen and oxygen atoms in total. The summed E-state index contributed by atoms with van der Waals surface area (Å²) in [4.78, 5) is 12.8. The second kappa shape index (κ2) is 5.93. The lowest BCUT2D eigenvalue weighted by Gasteiger charge is -2.22. The Morgan fingerprint density at radius 3 is 2.48 bits per heavy atom. The van der Waals surface area contributed by atoms with E-state index in [1.807, 2.05) is 35.2 Å². The van der Waals surface area contributed by atoms with Gasteiger partial charge in [-0.05, 0) is 18.4 Å². The predicted molar refractivity (Wildman–Crippen MR) is 89.7 cm³/mol. The lowest BCUT2D eigenvalue weighted by Crippen LogP contribution is -2.24. The van der Waals surface area contributed by atoms with Crippen molar-refractivity contribution in [1.82, 2.24) is 0 Å². The topological polar surface area (TPSA) is 80.5 Å². The number of rotatable bonds is 6. The van der Waals surface area contributed by atoms with Gasteiger partial charge in [-0.1, -0.05) is 41.7 Å². The highest BCUT2D eigenvalue weighted by Gasteiger charge is 2.36. The van der Waals surface area contributed by atoms with Gasteiger partial charge in [0.05, 0.1) is 4.92 Å². The fraction of sp³-hybridized carbons (Fsp3) is 0.333. The zero-order chi connectivity index (χ0) is 16.6. The molecule has 0 aliphatic heterocycles. The van der Waals surface area contributed by atoms with E-state index in [1.54, 1.807) is 0 Å². The van der Waals surface area contributed by atoms with Gasteiger partial charge in [0.2, 0.25) is 0 Å². The molecule has 122 valence electrons. The highest BCUT2D eigenvalue weighted by molar-refractivity contribution is 7.92. The van der Waals surface area contributed by atoms with E-state index in [9.17, 15) is 18.5 Å². The molecule has 0 bridgehead atoms. The van der Waals surface area contributed by atoms with E-state index in [-0.39, 0.29) is 15.9 Å². The van der Waals surface area contributed by atoms with Crippen LogP contribution in [0.3, 0.4) is 0 Å². The van der Waals surface area contributed by atoms with Crippen molar-refractivity contribution in [3.05, 3.63) is 52.1 Å². The molecule has 1 aromatic heterocycles. The van der Waals surface area contributed by atoms with Crippen LogP contribution in [-0.4, -0.2) is 25.6 Å². The van der Waals surface area contributed by atoms with E-state index in [2.05, 4.69) is 0 Å². The van der Waals surface area contributed by atoms with Crippen molar-refractivity contribution >= 4 is 31.9 Å². The maximum atomic E-state index is 11.8. The summed E-state index contributed by atoms with van der Waals surface area (Å²) in [5, 5.41) is 11.8. The first-order valence-electron chi connectivity index (χ1n) is 7.15. The third-order valence-electron chi connectivity index (χ3n) is 3.68. The van der Waals surface area contributed by atoms with Crippen molar-refractivity contribution in [2.45, 2.75) is 29.6 Å². The molecule has 0 amide bonds. The lowest BCUT2D eigenvalue weighted by atomic mass is 10.2. The normalized spacial score (nSPS) is 14.7. The van der Waals surface area contributed by atoms with E-state index >= 15 is 0 Å². The molecular formula is C15H16N2O4S2. The summed E-state index contributed by atoms with van der Waals surface area (Å²) in [6.45, 7) is 0.538. The molecule has 2 aromatic rings. The van der Waals surface area contributed by atoms with Crippen LogP contribution < -0.4 is 4.90 Å². The Balaban J connectivity index is 2.02. The smallest absolute Gasteiger partial charge is 0.305 e. The fourth-order valence-electron chi connectivity index (χ4n) is 2.40. The first-order chi connectivity index (χ1) is 10.9. The zero-order valence-corrected chi connectivity index (χ0v) is 14.1. The van der Waals surface area contributed by atoms with Crippen molar-refractivity contribution in [3.63, 3.8) is 0 Å². The Kier molecular flexibility index (Phi) is 4.11. The number of nitrogens with zero attached hydrogens (tertiary/aromatic N) is 2. The molecule has 8 heteroatoms. The number of hydrogen-bond donors (Lipinski definition) is 0. The van der Waals surface area contributed by atoms with Crippen LogP contribution in [0.25, 0.3) is 0 Å². The predicted octanol–water partition coefficient (Wildman–Crippen LogP) is 3.23. The molecule has 1 heterocycles. The number of thiophene rings is 1. The van der Waals surface area contributed by atoms with Crippen LogP contribution in [0.2, 0.25) is 0 Å². The maximum absolute atomic E-state index is 11.8. The minimum absolute atomic E-state index is 0.0397. The van der Waals surface area contributed by atoms with E-state index in [0.29, 0.717) is 11.5 Å². The van der Waals surface area contributed by atoms with Gasteiger partial charge in [-0.3, -0.25) is 10.1 Å². The number of sulfone groups is 1. The van der Waals surface area contributed by atoms with Gasteiger partial charge in [-0.15, -0.1) is 0 Å². The van der Waals surface area contributed by atoms with Gasteiger partial charge in [-0.2, -0.15) is 0 Å². The minimum Gasteiger partial charge on any atom is -0.350 e. The van der Waals surface area contributed by atoms with Crippen molar-refractivity contribution in [2.75, 3.05) is 11.2 Å². The molecule has 1 aromatic carbocycles. The molecule has 0 unspecified atom stereocenters. The van der Waals surface area contributed by atoms with Crippen molar-refractivity contribution < 1.29 is 13.3 Å². The molecule has 23 heavy (non-hydrogen) atoms. The largest absolute Gasteiger partial charge is 0.350 e. The van der Waals surface area contributed by atoms with Crippen LogP contribution in [0, 0.1) is 10.1 Å². The molecule has 1 aliphatic carbocycles. The average Bonchev–Trinajstić information content (AvgIpc) is 3.21. The quantitative estimate of drug-likeness (QED) is 0.589. The summed E-state index contributed by atoms with van der Waals surface area (Å²) in [5.41, 5.74) is 0.918. The van der Waals surface area contributed by atoms with E-state index < -0.39 is 14.8 Å². The molecule has 0 saturated heterocycles. The van der Waals surface area contributed by atoms with Gasteiger partial charge in [0.15, 0.2) is 14.8 Å². The van der Waals surface area contributed by atoms with Crippen LogP contribution in [0.5, 0.6) is 0 Å². The van der Waals surface area contributed by atoms with Crippen LogP contribution in [-0.2, 0) is 16.4 Å². The second-order valence-corrected chi connectivity index (χ2v) is 8.90. The molecule has 1 aliphatic rings. The monoisotopic (exact) mass is 352 g/mol. The number of benzene rings is 1. The van der Waals surface area contributed by atoms with Gasteiger partial charge in [-0.25, -0.2) is 8.42 Å². The first kappa shape index (κ1) is 15.9. The van der Waals surface area contributed by atoms with Crippen molar-refractivity contribution in [1.29, 1.82) is 0 Å². The SMILES string of the molecule is CS(=O)(=O)c1cc([N+](=O)[O-])c(N(Cc2ccccc2)C2CC2)s1. The van der Waals surface area contributed by atoms with E-state index in [1.165, 1.54) is 6.07 Å². The Labute approximate surface area is 138 Å². The second-order valence-electron chi connectivity index (χ2n) is 5.63. The molecule has 0 N–H and O–H groups in total. The minimum atomic E-state index is -3.46. The number of hydrogen-bond acceptors (Lipinski definition) is 6. The van der Waals surface area contributed by atoms with Crippen LogP contribution in [0.1, 0.15) is 18.4 Å². The van der Waals surface area contributed by atoms with Gasteiger partial charge in [0.25, 0.3) is 0 Å². The molecule has 0 atom stereocenters. The standard InChI is InChI=1S/C15H16N2O4S2/c1-23(20,21)14-9-13(17(18)19)15(22-14)16(12-7-8-12)10-11-5-3-2-4-6-11/h2-6,9,12H,7-8,10H2,1H3. The number of nitro groups is 1. The van der Waals surface area contributed by atoms with Crippen LogP contribution in [0.15, 0.2) is 40.6 Å². The Bertz CT molecular complexity index is 826. The molecule has 1 fully saturated rings. The maximum Gasteiger partial charge on any atom is 0.305 e. The Morgan fingerprint density at radius 1 is 1.30 bits per heavy atom. The van der Waals surface area contributed by atoms with Gasteiger partial charge >= 0.3 is 5.69 Å². The molecule has 3 rings (SSSR count). The molecule has 1 saturated carbocycles. The Hall–Kier alpha value is -1.93. The summed E-state index contributed by atoms with van der Waals surface area (Å²) in [6.07, 6.45) is 3.01. The summed E-state index contributed by atoms with van der Waals surface area (Å²) >= 11 is 0.987. The zero-order valence-electron chi connectivity index (χ0n) is 12.5. The third kappa shape index (κ3) is 3.53. The summed E-state index contributed by atoms with van der Waals surface area (Å²) in [5.74, 6) is 0. The van der Waals surface area contributed by atoms with Gasteiger partial charge in [0, 0.05) is 24.9 Å². The Morgan fingerprint density at radius 2 is 1.96 bits per heavy atom. The average molecular weight is 352 g/mol. The summed E-state index contributed by atoms with van der Waals surface area (Å²) < 4.78 is 23.6. The van der Waals surface area contributed by atoms with Crippen LogP contribution in [0.4, 0.5) is 10.7 Å². The van der Waals surface area contributed by atoms with Crippen LogP contribution >= 0.6 is 11.3 Å². The molecule has 0 spiro atoms.